The molecule has 1 aliphatic rings. The molecule has 2 heterocycles. The SMILES string of the molecule is CO[C@H]1CCN(C(=O)c2ccc(N/C=C(\N=N)c3cc4cc(O)ccc4[nH]c3=O)cc2)C1. The van der Waals surface area contributed by atoms with Crippen LogP contribution in [0.2, 0.25) is 0 Å². The van der Waals surface area contributed by atoms with E-state index in [4.69, 9.17) is 10.3 Å². The standard InChI is InChI=1S/C23H23N5O4/c1-32-18-8-9-28(13-18)23(31)14-2-4-16(5-3-14)25-12-21(27-24)19-11-15-10-17(29)6-7-20(15)26-22(19)30/h2-7,10-12,18,24-25,29H,8-9,13H2,1H3,(H,26,30)/b21-12-,27-24?/t18-/m0/s1. The highest BCUT2D eigenvalue weighted by Crippen LogP contribution is 2.22. The summed E-state index contributed by atoms with van der Waals surface area (Å²) in [5, 5.41) is 16.8. The van der Waals surface area contributed by atoms with Crippen molar-refractivity contribution >= 4 is 28.2 Å². The first-order valence-electron chi connectivity index (χ1n) is 10.1. The highest BCUT2D eigenvalue weighted by Gasteiger charge is 2.26. The van der Waals surface area contributed by atoms with Crippen molar-refractivity contribution in [1.82, 2.24) is 9.88 Å². The molecule has 1 aromatic heterocycles. The summed E-state index contributed by atoms with van der Waals surface area (Å²) >= 11 is 0. The van der Waals surface area contributed by atoms with Crippen LogP contribution in [0.25, 0.3) is 16.6 Å². The first-order chi connectivity index (χ1) is 15.5. The number of hydrogen-bond donors (Lipinski definition) is 4. The molecule has 9 nitrogen and oxygen atoms in total. The zero-order valence-electron chi connectivity index (χ0n) is 17.5. The number of carbonyl (C=O) groups is 1. The van der Waals surface area contributed by atoms with Gasteiger partial charge in [0.05, 0.1) is 11.7 Å². The Morgan fingerprint density at radius 3 is 2.75 bits per heavy atom. The van der Waals surface area contributed by atoms with E-state index in [1.54, 1.807) is 48.4 Å². The number of anilines is 1. The molecule has 9 heteroatoms. The number of aromatic hydroxyl groups is 1. The second kappa shape index (κ2) is 9.03. The van der Waals surface area contributed by atoms with E-state index in [1.165, 1.54) is 18.3 Å². The normalized spacial score (nSPS) is 16.3. The molecule has 1 fully saturated rings. The molecule has 164 valence electrons. The fourth-order valence-corrected chi connectivity index (χ4v) is 3.70. The molecule has 1 amide bonds. The molecule has 4 rings (SSSR count). The van der Waals surface area contributed by atoms with Crippen molar-refractivity contribution in [2.24, 2.45) is 5.11 Å². The lowest BCUT2D eigenvalue weighted by Gasteiger charge is -2.16. The number of hydrogen-bond acceptors (Lipinski definition) is 7. The van der Waals surface area contributed by atoms with E-state index in [2.05, 4.69) is 15.4 Å². The third kappa shape index (κ3) is 4.37. The Bertz CT molecular complexity index is 1250. The molecule has 3 aromatic rings. The number of phenolic OH excluding ortho intramolecular Hbond substituents is 1. The van der Waals surface area contributed by atoms with Crippen LogP contribution in [0.3, 0.4) is 0 Å². The number of benzene rings is 2. The van der Waals surface area contributed by atoms with Crippen molar-refractivity contribution in [2.45, 2.75) is 12.5 Å². The Labute approximate surface area is 183 Å². The van der Waals surface area contributed by atoms with Gasteiger partial charge in [-0.25, -0.2) is 5.53 Å². The second-order valence-electron chi connectivity index (χ2n) is 7.54. The Morgan fingerprint density at radius 1 is 1.28 bits per heavy atom. The van der Waals surface area contributed by atoms with E-state index >= 15 is 0 Å². The molecule has 0 radical (unpaired) electrons. The van der Waals surface area contributed by atoms with Gasteiger partial charge in [-0.15, -0.1) is 0 Å². The number of carbonyl (C=O) groups excluding carboxylic acids is 1. The monoisotopic (exact) mass is 433 g/mol. The van der Waals surface area contributed by atoms with Crippen LogP contribution >= 0.6 is 0 Å². The van der Waals surface area contributed by atoms with E-state index in [1.807, 2.05) is 0 Å². The van der Waals surface area contributed by atoms with Crippen molar-refractivity contribution in [2.75, 3.05) is 25.5 Å². The number of likely N-dealkylation sites (tertiary alicyclic amines) is 1. The minimum absolute atomic E-state index is 0.0422. The van der Waals surface area contributed by atoms with E-state index in [-0.39, 0.29) is 29.0 Å². The molecule has 4 N–H and O–H groups in total. The van der Waals surface area contributed by atoms with Gasteiger partial charge in [0.2, 0.25) is 0 Å². The quantitative estimate of drug-likeness (QED) is 0.442. The van der Waals surface area contributed by atoms with E-state index in [0.29, 0.717) is 35.2 Å². The number of aromatic amines is 1. The number of ether oxygens (including phenoxy) is 1. The second-order valence-corrected chi connectivity index (χ2v) is 7.54. The topological polar surface area (TPSA) is 131 Å². The van der Waals surface area contributed by atoms with Gasteiger partial charge in [-0.3, -0.25) is 9.59 Å². The number of methoxy groups -OCH3 is 1. The van der Waals surface area contributed by atoms with Gasteiger partial charge in [-0.1, -0.05) is 0 Å². The summed E-state index contributed by atoms with van der Waals surface area (Å²) in [6, 6.07) is 13.1. The van der Waals surface area contributed by atoms with Crippen LogP contribution in [0.4, 0.5) is 5.69 Å². The molecule has 0 aliphatic carbocycles. The van der Waals surface area contributed by atoms with Gasteiger partial charge in [-0.05, 0) is 55.0 Å². The molecule has 1 saturated heterocycles. The maximum absolute atomic E-state index is 12.6. The van der Waals surface area contributed by atoms with Gasteiger partial charge in [0.15, 0.2) is 0 Å². The molecule has 1 atom stereocenters. The van der Waals surface area contributed by atoms with Gasteiger partial charge in [0.1, 0.15) is 11.4 Å². The van der Waals surface area contributed by atoms with Gasteiger partial charge in [0, 0.05) is 48.6 Å². The molecular formula is C23H23N5O4. The fraction of sp³-hybridized carbons (Fsp3) is 0.217. The number of amides is 1. The average molecular weight is 433 g/mol. The number of nitrogens with zero attached hydrogens (tertiary/aromatic N) is 2. The fourth-order valence-electron chi connectivity index (χ4n) is 3.70. The maximum Gasteiger partial charge on any atom is 0.258 e. The van der Waals surface area contributed by atoms with E-state index < -0.39 is 5.56 Å². The highest BCUT2D eigenvalue weighted by molar-refractivity contribution is 5.94. The number of phenols is 1. The van der Waals surface area contributed by atoms with Crippen LogP contribution in [0.5, 0.6) is 5.75 Å². The number of rotatable bonds is 6. The summed E-state index contributed by atoms with van der Waals surface area (Å²) < 4.78 is 5.31. The molecule has 0 bridgehead atoms. The van der Waals surface area contributed by atoms with Crippen molar-refractivity contribution in [3.05, 3.63) is 76.2 Å². The molecule has 0 saturated carbocycles. The van der Waals surface area contributed by atoms with E-state index in [9.17, 15) is 14.7 Å². The predicted octanol–water partition coefficient (Wildman–Crippen LogP) is 3.54. The van der Waals surface area contributed by atoms with Crippen LogP contribution < -0.4 is 10.9 Å². The maximum atomic E-state index is 12.6. The summed E-state index contributed by atoms with van der Waals surface area (Å²) in [5.74, 6) is 0.0303. The number of nitrogens with one attached hydrogen (secondary N) is 3. The Morgan fingerprint density at radius 2 is 2.06 bits per heavy atom. The molecule has 0 unspecified atom stereocenters. The van der Waals surface area contributed by atoms with Gasteiger partial charge in [0.25, 0.3) is 11.5 Å². The van der Waals surface area contributed by atoms with Crippen LogP contribution in [0.15, 0.2) is 64.6 Å². The third-order valence-electron chi connectivity index (χ3n) is 5.50. The number of fused-ring (bicyclic) bond motifs is 1. The first kappa shape index (κ1) is 21.3. The molecular weight excluding hydrogens is 410 g/mol. The summed E-state index contributed by atoms with van der Waals surface area (Å²) in [5.41, 5.74) is 9.23. The Kier molecular flexibility index (Phi) is 6.00. The summed E-state index contributed by atoms with van der Waals surface area (Å²) in [6.07, 6.45) is 2.37. The smallest absolute Gasteiger partial charge is 0.258 e. The van der Waals surface area contributed by atoms with Crippen molar-refractivity contribution in [3.63, 3.8) is 0 Å². The number of H-pyrrole nitrogens is 1. The van der Waals surface area contributed by atoms with Gasteiger partial charge < -0.3 is 25.0 Å². The Hall–Kier alpha value is -3.98. The lowest BCUT2D eigenvalue weighted by atomic mass is 10.1. The molecule has 1 aliphatic heterocycles. The van der Waals surface area contributed by atoms with E-state index in [0.717, 1.165) is 6.42 Å². The average Bonchev–Trinajstić information content (AvgIpc) is 3.29. The summed E-state index contributed by atoms with van der Waals surface area (Å²) in [4.78, 5) is 29.6. The minimum Gasteiger partial charge on any atom is -0.508 e. The summed E-state index contributed by atoms with van der Waals surface area (Å²) in [6.45, 7) is 1.26. The number of pyridine rings is 1. The lowest BCUT2D eigenvalue weighted by molar-refractivity contribution is 0.0724. The molecule has 32 heavy (non-hydrogen) atoms. The van der Waals surface area contributed by atoms with Gasteiger partial charge in [-0.2, -0.15) is 5.11 Å². The van der Waals surface area contributed by atoms with Crippen molar-refractivity contribution in [1.29, 1.82) is 5.53 Å². The highest BCUT2D eigenvalue weighted by atomic mass is 16.5. The van der Waals surface area contributed by atoms with Crippen LogP contribution in [-0.2, 0) is 4.74 Å². The predicted molar refractivity (Wildman–Crippen MR) is 121 cm³/mol. The first-order valence-corrected chi connectivity index (χ1v) is 10.1. The van der Waals surface area contributed by atoms with Gasteiger partial charge >= 0.3 is 0 Å². The van der Waals surface area contributed by atoms with Crippen LogP contribution in [0, 0.1) is 5.53 Å². The number of aromatic nitrogens is 1. The largest absolute Gasteiger partial charge is 0.508 e. The van der Waals surface area contributed by atoms with Crippen LogP contribution in [-0.4, -0.2) is 47.2 Å². The van der Waals surface area contributed by atoms with Crippen LogP contribution in [0.1, 0.15) is 22.3 Å². The molecule has 2 aromatic carbocycles. The van der Waals surface area contributed by atoms with Crippen molar-refractivity contribution < 1.29 is 14.6 Å². The zero-order valence-corrected chi connectivity index (χ0v) is 17.5. The Balaban J connectivity index is 1.51. The minimum atomic E-state index is -0.395. The van der Waals surface area contributed by atoms with Crippen molar-refractivity contribution in [3.8, 4) is 5.75 Å². The lowest BCUT2D eigenvalue weighted by Crippen LogP contribution is -2.29. The zero-order chi connectivity index (χ0) is 22.7. The third-order valence-corrected chi connectivity index (χ3v) is 5.50. The molecule has 0 spiro atoms. The summed E-state index contributed by atoms with van der Waals surface area (Å²) in [7, 11) is 1.65.